The molecule has 17 heavy (non-hydrogen) atoms. The molecule has 0 rings (SSSR count). The van der Waals surface area contributed by atoms with Crippen molar-refractivity contribution in [3.63, 3.8) is 0 Å². The number of halogens is 2. The standard InChI is InChI=1S/C10H22Cl2O4Si/c1-5-9(12)10(13-2)16-17(14-3,15-4)8-6-7-11/h9-10H,5-8H2,1-4H3. The molecule has 0 aromatic heterocycles. The normalized spacial score (nSPS) is 15.9. The van der Waals surface area contributed by atoms with Crippen molar-refractivity contribution in [3.8, 4) is 0 Å². The molecule has 0 aliphatic heterocycles. The van der Waals surface area contributed by atoms with Gasteiger partial charge in [-0.3, -0.25) is 0 Å². The number of rotatable bonds is 10. The molecule has 7 heteroatoms. The van der Waals surface area contributed by atoms with Gasteiger partial charge in [0.1, 0.15) is 0 Å². The van der Waals surface area contributed by atoms with E-state index in [2.05, 4.69) is 0 Å². The summed E-state index contributed by atoms with van der Waals surface area (Å²) in [7, 11) is 1.99. The van der Waals surface area contributed by atoms with Gasteiger partial charge in [-0.25, -0.2) is 0 Å². The Morgan fingerprint density at radius 3 is 2.12 bits per heavy atom. The van der Waals surface area contributed by atoms with Crippen LogP contribution in [0.4, 0.5) is 0 Å². The van der Waals surface area contributed by atoms with Crippen LogP contribution in [0, 0.1) is 0 Å². The molecule has 4 nitrogen and oxygen atoms in total. The third-order valence-electron chi connectivity index (χ3n) is 2.45. The molecule has 0 amide bonds. The van der Waals surface area contributed by atoms with E-state index in [9.17, 15) is 0 Å². The van der Waals surface area contributed by atoms with Gasteiger partial charge in [-0.2, -0.15) is 0 Å². The molecule has 0 N–H and O–H groups in total. The molecule has 0 fully saturated rings. The predicted molar refractivity (Wildman–Crippen MR) is 71.7 cm³/mol. The Morgan fingerprint density at radius 1 is 1.18 bits per heavy atom. The molecule has 0 radical (unpaired) electrons. The number of methoxy groups -OCH3 is 1. The minimum atomic E-state index is -2.72. The summed E-state index contributed by atoms with van der Waals surface area (Å²) in [6.45, 7) is 1.97. The number of hydrogen-bond donors (Lipinski definition) is 0. The molecular formula is C10H22Cl2O4Si. The monoisotopic (exact) mass is 304 g/mol. The van der Waals surface area contributed by atoms with E-state index in [1.54, 1.807) is 21.3 Å². The van der Waals surface area contributed by atoms with Gasteiger partial charge >= 0.3 is 8.80 Å². The molecule has 0 spiro atoms. The van der Waals surface area contributed by atoms with Gasteiger partial charge in [0.25, 0.3) is 0 Å². The lowest BCUT2D eigenvalue weighted by atomic mass is 10.3. The van der Waals surface area contributed by atoms with E-state index in [0.29, 0.717) is 11.9 Å². The van der Waals surface area contributed by atoms with Gasteiger partial charge in [0.15, 0.2) is 6.29 Å². The fourth-order valence-corrected chi connectivity index (χ4v) is 4.07. The fourth-order valence-electron chi connectivity index (χ4n) is 1.36. The van der Waals surface area contributed by atoms with Crippen molar-refractivity contribution >= 4 is 32.0 Å². The van der Waals surface area contributed by atoms with Gasteiger partial charge in [0.05, 0.1) is 5.38 Å². The van der Waals surface area contributed by atoms with Crippen LogP contribution >= 0.6 is 23.2 Å². The minimum absolute atomic E-state index is 0.229. The Bertz CT molecular complexity index is 193. The molecule has 0 heterocycles. The number of ether oxygens (including phenoxy) is 1. The number of hydrogen-bond acceptors (Lipinski definition) is 4. The van der Waals surface area contributed by atoms with Gasteiger partial charge in [0.2, 0.25) is 0 Å². The maximum Gasteiger partial charge on any atom is 0.502 e. The summed E-state index contributed by atoms with van der Waals surface area (Å²) in [5.74, 6) is 0.542. The zero-order valence-corrected chi connectivity index (χ0v) is 13.4. The molecule has 2 atom stereocenters. The Labute approximate surface area is 115 Å². The summed E-state index contributed by atoms with van der Waals surface area (Å²) in [5.41, 5.74) is 0. The van der Waals surface area contributed by atoms with Gasteiger partial charge < -0.3 is 18.0 Å². The number of alkyl halides is 2. The summed E-state index contributed by atoms with van der Waals surface area (Å²) in [5, 5.41) is -0.229. The van der Waals surface area contributed by atoms with Crippen molar-refractivity contribution in [3.05, 3.63) is 0 Å². The highest BCUT2D eigenvalue weighted by Crippen LogP contribution is 2.23. The zero-order chi connectivity index (χ0) is 13.3. The average molecular weight is 305 g/mol. The maximum atomic E-state index is 6.12. The highest BCUT2D eigenvalue weighted by molar-refractivity contribution is 6.60. The molecule has 0 aliphatic rings. The summed E-state index contributed by atoms with van der Waals surface area (Å²) in [4.78, 5) is 0. The Balaban J connectivity index is 4.58. The maximum absolute atomic E-state index is 6.12. The summed E-state index contributed by atoms with van der Waals surface area (Å²) in [6.07, 6.45) is 0.988. The third kappa shape index (κ3) is 5.87. The molecule has 0 aromatic rings. The molecule has 0 bridgehead atoms. The van der Waals surface area contributed by atoms with E-state index in [0.717, 1.165) is 12.8 Å². The summed E-state index contributed by atoms with van der Waals surface area (Å²) >= 11 is 11.8. The second-order valence-corrected chi connectivity index (χ2v) is 7.39. The summed E-state index contributed by atoms with van der Waals surface area (Å²) < 4.78 is 21.9. The lowest BCUT2D eigenvalue weighted by Crippen LogP contribution is -2.49. The second kappa shape index (κ2) is 9.55. The van der Waals surface area contributed by atoms with E-state index in [4.69, 9.17) is 41.2 Å². The lowest BCUT2D eigenvalue weighted by molar-refractivity contribution is -0.0964. The lowest BCUT2D eigenvalue weighted by Gasteiger charge is -2.31. The largest absolute Gasteiger partial charge is 0.502 e. The molecular weight excluding hydrogens is 283 g/mol. The fraction of sp³-hybridized carbons (Fsp3) is 1.00. The molecule has 0 aliphatic carbocycles. The molecule has 0 saturated heterocycles. The van der Waals surface area contributed by atoms with Crippen molar-refractivity contribution in [2.45, 2.75) is 37.5 Å². The SMILES string of the molecule is CCC(Cl)C(OC)O[Si](CCCCl)(OC)OC. The van der Waals surface area contributed by atoms with Crippen molar-refractivity contribution in [2.24, 2.45) is 0 Å². The molecule has 2 unspecified atom stereocenters. The highest BCUT2D eigenvalue weighted by atomic mass is 35.5. The smallest absolute Gasteiger partial charge is 0.377 e. The summed E-state index contributed by atoms with van der Waals surface area (Å²) in [6, 6.07) is 0.649. The predicted octanol–water partition coefficient (Wildman–Crippen LogP) is 2.85. The Morgan fingerprint density at radius 2 is 1.76 bits per heavy atom. The minimum Gasteiger partial charge on any atom is -0.377 e. The van der Waals surface area contributed by atoms with Gasteiger partial charge in [-0.1, -0.05) is 6.92 Å². The molecule has 0 saturated carbocycles. The van der Waals surface area contributed by atoms with Crippen molar-refractivity contribution in [2.75, 3.05) is 27.2 Å². The average Bonchev–Trinajstić information content (AvgIpc) is 2.39. The first-order chi connectivity index (χ1) is 8.09. The zero-order valence-electron chi connectivity index (χ0n) is 10.9. The van der Waals surface area contributed by atoms with Gasteiger partial charge in [-0.05, 0) is 12.8 Å². The van der Waals surface area contributed by atoms with Crippen LogP contribution in [0.5, 0.6) is 0 Å². The van der Waals surface area contributed by atoms with Crippen LogP contribution in [-0.2, 0) is 18.0 Å². The topological polar surface area (TPSA) is 36.9 Å². The third-order valence-corrected chi connectivity index (χ3v) is 6.03. The van der Waals surface area contributed by atoms with Crippen LogP contribution in [0.2, 0.25) is 6.04 Å². The second-order valence-electron chi connectivity index (χ2n) is 3.53. The van der Waals surface area contributed by atoms with Crippen molar-refractivity contribution < 1.29 is 18.0 Å². The van der Waals surface area contributed by atoms with Crippen LogP contribution in [0.1, 0.15) is 19.8 Å². The highest BCUT2D eigenvalue weighted by Gasteiger charge is 2.42. The molecule has 0 aromatic carbocycles. The first-order valence-corrected chi connectivity index (χ1v) is 8.50. The van der Waals surface area contributed by atoms with Crippen LogP contribution in [0.15, 0.2) is 0 Å². The first kappa shape index (κ1) is 17.6. The van der Waals surface area contributed by atoms with Crippen LogP contribution in [0.3, 0.4) is 0 Å². The van der Waals surface area contributed by atoms with Crippen LogP contribution < -0.4 is 0 Å². The van der Waals surface area contributed by atoms with E-state index in [-0.39, 0.29) is 5.38 Å². The first-order valence-electron chi connectivity index (χ1n) is 5.60. The van der Waals surface area contributed by atoms with Gasteiger partial charge in [0, 0.05) is 33.3 Å². The van der Waals surface area contributed by atoms with Crippen molar-refractivity contribution in [1.29, 1.82) is 0 Å². The quantitative estimate of drug-likeness (QED) is 0.353. The van der Waals surface area contributed by atoms with Crippen molar-refractivity contribution in [1.82, 2.24) is 0 Å². The van der Waals surface area contributed by atoms with E-state index >= 15 is 0 Å². The van der Waals surface area contributed by atoms with E-state index < -0.39 is 15.1 Å². The van der Waals surface area contributed by atoms with E-state index in [1.165, 1.54) is 0 Å². The Hall–Kier alpha value is 0.637. The molecule has 104 valence electrons. The van der Waals surface area contributed by atoms with Gasteiger partial charge in [-0.15, -0.1) is 23.2 Å². The van der Waals surface area contributed by atoms with E-state index in [1.807, 2.05) is 6.92 Å². The van der Waals surface area contributed by atoms with Crippen LogP contribution in [-0.4, -0.2) is 47.7 Å². The van der Waals surface area contributed by atoms with Crippen LogP contribution in [0.25, 0.3) is 0 Å². The Kier molecular flexibility index (Phi) is 9.91.